The molecule has 1 rings (SSSR count). The summed E-state index contributed by atoms with van der Waals surface area (Å²) in [6.45, 7) is 1.85. The molecule has 0 radical (unpaired) electrons. The van der Waals surface area contributed by atoms with E-state index in [1.807, 2.05) is 6.92 Å². The second-order valence-electron chi connectivity index (χ2n) is 3.18. The number of aromatic nitrogens is 1. The van der Waals surface area contributed by atoms with Crippen molar-refractivity contribution in [3.63, 3.8) is 0 Å². The number of aliphatic carboxylic acids is 1. The van der Waals surface area contributed by atoms with Gasteiger partial charge < -0.3 is 16.6 Å². The van der Waals surface area contributed by atoms with Crippen molar-refractivity contribution in [1.29, 1.82) is 0 Å². The zero-order chi connectivity index (χ0) is 10.7. The number of hydrogen-bond acceptors (Lipinski definition) is 4. The summed E-state index contributed by atoms with van der Waals surface area (Å²) in [7, 11) is 0. The predicted molar refractivity (Wildman–Crippen MR) is 52.7 cm³/mol. The van der Waals surface area contributed by atoms with Crippen molar-refractivity contribution < 1.29 is 9.90 Å². The van der Waals surface area contributed by atoms with Crippen LogP contribution >= 0.6 is 0 Å². The maximum absolute atomic E-state index is 10.5. The third kappa shape index (κ3) is 2.43. The van der Waals surface area contributed by atoms with Gasteiger partial charge in [-0.15, -0.1) is 0 Å². The maximum Gasteiger partial charge on any atom is 0.320 e. The van der Waals surface area contributed by atoms with Gasteiger partial charge in [0.05, 0.1) is 0 Å². The van der Waals surface area contributed by atoms with Crippen LogP contribution in [-0.2, 0) is 11.2 Å². The zero-order valence-electron chi connectivity index (χ0n) is 7.90. The quantitative estimate of drug-likeness (QED) is 0.626. The van der Waals surface area contributed by atoms with Crippen molar-refractivity contribution in [2.45, 2.75) is 19.4 Å². The van der Waals surface area contributed by atoms with Crippen molar-refractivity contribution in [3.05, 3.63) is 23.4 Å². The van der Waals surface area contributed by atoms with E-state index in [0.29, 0.717) is 5.82 Å². The molecule has 0 saturated carbocycles. The van der Waals surface area contributed by atoms with E-state index < -0.39 is 12.0 Å². The van der Waals surface area contributed by atoms with Gasteiger partial charge in [-0.2, -0.15) is 0 Å². The Morgan fingerprint density at radius 3 is 2.86 bits per heavy atom. The van der Waals surface area contributed by atoms with Gasteiger partial charge >= 0.3 is 5.97 Å². The van der Waals surface area contributed by atoms with Crippen LogP contribution in [0, 0.1) is 6.92 Å². The SMILES string of the molecule is Cc1cc(N)ncc1C[C@H](N)C(=O)O. The van der Waals surface area contributed by atoms with Crippen LogP contribution in [0.4, 0.5) is 5.82 Å². The van der Waals surface area contributed by atoms with Crippen molar-refractivity contribution in [2.75, 3.05) is 5.73 Å². The minimum atomic E-state index is -1.01. The van der Waals surface area contributed by atoms with E-state index >= 15 is 0 Å². The molecular formula is C9H13N3O2. The first kappa shape index (κ1) is 10.5. The molecule has 0 bridgehead atoms. The van der Waals surface area contributed by atoms with Gasteiger partial charge in [-0.1, -0.05) is 0 Å². The third-order valence-electron chi connectivity index (χ3n) is 2.00. The average molecular weight is 195 g/mol. The Labute approximate surface area is 81.7 Å². The summed E-state index contributed by atoms with van der Waals surface area (Å²) in [5.74, 6) is -0.587. The monoisotopic (exact) mass is 195 g/mol. The van der Waals surface area contributed by atoms with E-state index in [0.717, 1.165) is 11.1 Å². The molecule has 0 aliphatic heterocycles. The van der Waals surface area contributed by atoms with Crippen LogP contribution in [0.15, 0.2) is 12.3 Å². The van der Waals surface area contributed by atoms with Crippen molar-refractivity contribution in [2.24, 2.45) is 5.73 Å². The highest BCUT2D eigenvalue weighted by atomic mass is 16.4. The van der Waals surface area contributed by atoms with Crippen LogP contribution in [0.5, 0.6) is 0 Å². The standard InChI is InChI=1S/C9H13N3O2/c1-5-2-8(11)12-4-6(5)3-7(10)9(13)14/h2,4,7H,3,10H2,1H3,(H2,11,12)(H,13,14)/t7-/m0/s1. The van der Waals surface area contributed by atoms with Crippen molar-refractivity contribution >= 4 is 11.8 Å². The summed E-state index contributed by atoms with van der Waals surface area (Å²) >= 11 is 0. The van der Waals surface area contributed by atoms with Crippen LogP contribution in [-0.4, -0.2) is 22.1 Å². The number of carboxylic acids is 1. The highest BCUT2D eigenvalue weighted by Gasteiger charge is 2.13. The number of rotatable bonds is 3. The molecule has 1 aromatic rings. The number of carboxylic acid groups (broad SMARTS) is 1. The molecule has 0 aromatic carbocycles. The molecular weight excluding hydrogens is 182 g/mol. The number of pyridine rings is 1. The van der Waals surface area contributed by atoms with Crippen molar-refractivity contribution in [1.82, 2.24) is 4.98 Å². The molecule has 1 heterocycles. The first-order valence-electron chi connectivity index (χ1n) is 4.20. The lowest BCUT2D eigenvalue weighted by Crippen LogP contribution is -2.32. The summed E-state index contributed by atoms with van der Waals surface area (Å²) in [4.78, 5) is 14.4. The van der Waals surface area contributed by atoms with Crippen LogP contribution in [0.25, 0.3) is 0 Å². The Morgan fingerprint density at radius 1 is 1.71 bits per heavy atom. The summed E-state index contributed by atoms with van der Waals surface area (Å²) in [5, 5.41) is 8.62. The minimum Gasteiger partial charge on any atom is -0.480 e. The summed E-state index contributed by atoms with van der Waals surface area (Å²) in [6.07, 6.45) is 1.84. The second-order valence-corrected chi connectivity index (χ2v) is 3.18. The van der Waals surface area contributed by atoms with Gasteiger partial charge in [-0.05, 0) is 24.1 Å². The molecule has 0 unspecified atom stereocenters. The summed E-state index contributed by atoms with van der Waals surface area (Å²) in [5.41, 5.74) is 12.6. The number of hydrogen-bond donors (Lipinski definition) is 3. The topological polar surface area (TPSA) is 102 Å². The first-order valence-corrected chi connectivity index (χ1v) is 4.20. The van der Waals surface area contributed by atoms with Gasteiger partial charge in [0, 0.05) is 12.6 Å². The fraction of sp³-hybridized carbons (Fsp3) is 0.333. The van der Waals surface area contributed by atoms with E-state index in [4.69, 9.17) is 16.6 Å². The summed E-state index contributed by atoms with van der Waals surface area (Å²) in [6, 6.07) is 0.809. The average Bonchev–Trinajstić information content (AvgIpc) is 2.09. The second kappa shape index (κ2) is 4.06. The maximum atomic E-state index is 10.5. The summed E-state index contributed by atoms with van der Waals surface area (Å²) < 4.78 is 0. The molecule has 5 heteroatoms. The van der Waals surface area contributed by atoms with Crippen LogP contribution in [0.3, 0.4) is 0 Å². The lowest BCUT2D eigenvalue weighted by molar-refractivity contribution is -0.138. The fourth-order valence-electron chi connectivity index (χ4n) is 1.14. The van der Waals surface area contributed by atoms with E-state index in [9.17, 15) is 4.79 Å². The van der Waals surface area contributed by atoms with Crippen LogP contribution in [0.1, 0.15) is 11.1 Å². The van der Waals surface area contributed by atoms with Crippen molar-refractivity contribution in [3.8, 4) is 0 Å². The highest BCUT2D eigenvalue weighted by molar-refractivity contribution is 5.73. The van der Waals surface area contributed by atoms with Gasteiger partial charge in [-0.3, -0.25) is 4.79 Å². The molecule has 0 aliphatic carbocycles. The molecule has 0 spiro atoms. The van der Waals surface area contributed by atoms with Crippen LogP contribution in [0.2, 0.25) is 0 Å². The molecule has 0 amide bonds. The third-order valence-corrected chi connectivity index (χ3v) is 2.00. The molecule has 0 aliphatic rings. The number of nitrogen functional groups attached to an aromatic ring is 1. The van der Waals surface area contributed by atoms with E-state index in [1.165, 1.54) is 0 Å². The largest absolute Gasteiger partial charge is 0.480 e. The van der Waals surface area contributed by atoms with Gasteiger partial charge in [-0.25, -0.2) is 4.98 Å². The molecule has 0 saturated heterocycles. The Balaban J connectivity index is 2.82. The minimum absolute atomic E-state index is 0.272. The van der Waals surface area contributed by atoms with Gasteiger partial charge in [0.1, 0.15) is 11.9 Å². The number of aryl methyl sites for hydroxylation is 1. The predicted octanol–water partition coefficient (Wildman–Crippen LogP) is -0.0734. The first-order chi connectivity index (χ1) is 6.50. The lowest BCUT2D eigenvalue weighted by Gasteiger charge is -2.08. The lowest BCUT2D eigenvalue weighted by atomic mass is 10.0. The number of carbonyl (C=O) groups is 1. The number of anilines is 1. The zero-order valence-corrected chi connectivity index (χ0v) is 7.90. The molecule has 14 heavy (non-hydrogen) atoms. The van der Waals surface area contributed by atoms with E-state index in [1.54, 1.807) is 12.3 Å². The Bertz CT molecular complexity index is 352. The number of nitrogens with two attached hydrogens (primary N) is 2. The van der Waals surface area contributed by atoms with E-state index in [2.05, 4.69) is 4.98 Å². The molecule has 5 nitrogen and oxygen atoms in total. The van der Waals surface area contributed by atoms with Gasteiger partial charge in [0.25, 0.3) is 0 Å². The van der Waals surface area contributed by atoms with Crippen LogP contribution < -0.4 is 11.5 Å². The molecule has 76 valence electrons. The Hall–Kier alpha value is -1.62. The highest BCUT2D eigenvalue weighted by Crippen LogP contribution is 2.11. The fourth-order valence-corrected chi connectivity index (χ4v) is 1.14. The van der Waals surface area contributed by atoms with Gasteiger partial charge in [0.15, 0.2) is 0 Å². The van der Waals surface area contributed by atoms with E-state index in [-0.39, 0.29) is 6.42 Å². The Kier molecular flexibility index (Phi) is 3.03. The number of nitrogens with zero attached hydrogens (tertiary/aromatic N) is 1. The van der Waals surface area contributed by atoms with Gasteiger partial charge in [0.2, 0.25) is 0 Å². The normalized spacial score (nSPS) is 12.4. The molecule has 0 fully saturated rings. The molecule has 5 N–H and O–H groups in total. The molecule has 1 atom stereocenters. The molecule has 1 aromatic heterocycles. The smallest absolute Gasteiger partial charge is 0.320 e. The Morgan fingerprint density at radius 2 is 2.36 bits per heavy atom.